The molecular weight excluding hydrogens is 422 g/mol. The van der Waals surface area contributed by atoms with Gasteiger partial charge < -0.3 is 10.1 Å². The summed E-state index contributed by atoms with van der Waals surface area (Å²) in [4.78, 5) is 36.2. The van der Waals surface area contributed by atoms with Crippen LogP contribution in [0.4, 0.5) is 11.4 Å². The van der Waals surface area contributed by atoms with Crippen molar-refractivity contribution in [1.82, 2.24) is 0 Å². The van der Waals surface area contributed by atoms with Crippen LogP contribution in [0.25, 0.3) is 21.5 Å². The molecule has 4 rings (SSSR count). The molecule has 0 aliphatic carbocycles. The van der Waals surface area contributed by atoms with Gasteiger partial charge in [0.05, 0.1) is 29.2 Å². The molecule has 0 unspecified atom stereocenters. The number of carbonyl (C=O) groups is 1. The summed E-state index contributed by atoms with van der Waals surface area (Å²) in [6.45, 7) is 0.0999. The topological polar surface area (TPSA) is 122 Å². The number of benzene rings is 3. The molecule has 0 radical (unpaired) electrons. The maximum atomic E-state index is 13.2. The van der Waals surface area contributed by atoms with Gasteiger partial charge in [0.1, 0.15) is 5.69 Å². The number of rotatable bonds is 5. The maximum Gasteiger partial charge on any atom is 0.340 e. The van der Waals surface area contributed by atoms with E-state index in [2.05, 4.69) is 11.4 Å². The normalized spacial score (nSPS) is 10.5. The SMILES string of the molecule is COC(=O)c1cccc([N+](=O)[O-])c1NCc1ccc2c(C#N)cc3ccccc3c(=O)c2c1. The number of nitro benzene ring substituents is 1. The van der Waals surface area contributed by atoms with Crippen molar-refractivity contribution in [3.8, 4) is 6.07 Å². The first-order valence-electron chi connectivity index (χ1n) is 9.93. The third kappa shape index (κ3) is 3.95. The molecule has 0 heterocycles. The van der Waals surface area contributed by atoms with Gasteiger partial charge in [-0.05, 0) is 29.1 Å². The van der Waals surface area contributed by atoms with E-state index in [-0.39, 0.29) is 28.9 Å². The van der Waals surface area contributed by atoms with Gasteiger partial charge in [-0.25, -0.2) is 4.79 Å². The molecular formula is C25H17N3O5. The Hall–Kier alpha value is -4.77. The summed E-state index contributed by atoms with van der Waals surface area (Å²) < 4.78 is 4.74. The number of hydrogen-bond donors (Lipinski definition) is 1. The zero-order valence-electron chi connectivity index (χ0n) is 17.5. The van der Waals surface area contributed by atoms with Gasteiger partial charge in [0.2, 0.25) is 0 Å². The van der Waals surface area contributed by atoms with Gasteiger partial charge in [-0.2, -0.15) is 5.26 Å². The van der Waals surface area contributed by atoms with Crippen LogP contribution in [0, 0.1) is 21.4 Å². The molecule has 0 bridgehead atoms. The number of nitriles is 1. The lowest BCUT2D eigenvalue weighted by molar-refractivity contribution is -0.384. The molecule has 0 saturated carbocycles. The Bertz CT molecular complexity index is 1540. The highest BCUT2D eigenvalue weighted by atomic mass is 16.6. The number of hydrogen-bond acceptors (Lipinski definition) is 7. The number of carbonyl (C=O) groups excluding carboxylic acids is 1. The Morgan fingerprint density at radius 1 is 1.06 bits per heavy atom. The van der Waals surface area contributed by atoms with Gasteiger partial charge in [-0.1, -0.05) is 42.5 Å². The lowest BCUT2D eigenvalue weighted by atomic mass is 10.1. The van der Waals surface area contributed by atoms with E-state index < -0.39 is 10.9 Å². The Kier molecular flexibility index (Phi) is 5.70. The minimum absolute atomic E-state index is 0.0265. The molecule has 0 aliphatic heterocycles. The molecule has 0 fully saturated rings. The number of methoxy groups -OCH3 is 1. The van der Waals surface area contributed by atoms with E-state index in [1.54, 1.807) is 48.5 Å². The van der Waals surface area contributed by atoms with Crippen LogP contribution >= 0.6 is 0 Å². The average Bonchev–Trinajstić information content (AvgIpc) is 2.96. The first-order chi connectivity index (χ1) is 15.9. The van der Waals surface area contributed by atoms with Crippen molar-refractivity contribution in [3.05, 3.63) is 104 Å². The van der Waals surface area contributed by atoms with Crippen molar-refractivity contribution in [2.45, 2.75) is 6.54 Å². The summed E-state index contributed by atoms with van der Waals surface area (Å²) in [5.74, 6) is -0.710. The molecule has 0 saturated heterocycles. The fraction of sp³-hybridized carbons (Fsp3) is 0.0800. The Balaban J connectivity index is 1.83. The first kappa shape index (κ1) is 21.5. The number of para-hydroxylation sites is 1. The Labute approximate surface area is 187 Å². The molecule has 0 aliphatic rings. The fourth-order valence-electron chi connectivity index (χ4n) is 3.77. The van der Waals surface area contributed by atoms with E-state index >= 15 is 0 Å². The van der Waals surface area contributed by atoms with Crippen molar-refractivity contribution in [1.29, 1.82) is 5.26 Å². The highest BCUT2D eigenvalue weighted by molar-refractivity contribution is 5.98. The molecule has 162 valence electrons. The molecule has 0 amide bonds. The molecule has 4 aromatic carbocycles. The van der Waals surface area contributed by atoms with Crippen LogP contribution < -0.4 is 10.7 Å². The van der Waals surface area contributed by atoms with Crippen LogP contribution in [0.3, 0.4) is 0 Å². The largest absolute Gasteiger partial charge is 0.465 e. The van der Waals surface area contributed by atoms with E-state index in [9.17, 15) is 25.0 Å². The zero-order chi connectivity index (χ0) is 23.5. The Morgan fingerprint density at radius 3 is 2.58 bits per heavy atom. The molecule has 8 heteroatoms. The lowest BCUT2D eigenvalue weighted by Gasteiger charge is -2.11. The third-order valence-corrected chi connectivity index (χ3v) is 5.36. The van der Waals surface area contributed by atoms with E-state index in [1.165, 1.54) is 25.3 Å². The molecule has 0 atom stereocenters. The van der Waals surface area contributed by atoms with Crippen molar-refractivity contribution in [2.24, 2.45) is 0 Å². The van der Waals surface area contributed by atoms with E-state index in [0.29, 0.717) is 32.7 Å². The quantitative estimate of drug-likeness (QED) is 0.275. The Morgan fingerprint density at radius 2 is 1.85 bits per heavy atom. The molecule has 8 nitrogen and oxygen atoms in total. The van der Waals surface area contributed by atoms with Gasteiger partial charge in [0.15, 0.2) is 5.43 Å². The second kappa shape index (κ2) is 8.77. The summed E-state index contributed by atoms with van der Waals surface area (Å²) in [5, 5.41) is 26.1. The molecule has 33 heavy (non-hydrogen) atoms. The van der Waals surface area contributed by atoms with Crippen molar-refractivity contribution in [2.75, 3.05) is 12.4 Å². The maximum absolute atomic E-state index is 13.2. The van der Waals surface area contributed by atoms with Crippen LogP contribution in [0.5, 0.6) is 0 Å². The lowest BCUT2D eigenvalue weighted by Crippen LogP contribution is -2.10. The van der Waals surface area contributed by atoms with Crippen LogP contribution in [-0.4, -0.2) is 18.0 Å². The van der Waals surface area contributed by atoms with Crippen molar-refractivity contribution in [3.63, 3.8) is 0 Å². The summed E-state index contributed by atoms with van der Waals surface area (Å²) in [7, 11) is 1.20. The highest BCUT2D eigenvalue weighted by Crippen LogP contribution is 2.30. The number of fused-ring (bicyclic) bond motifs is 2. The number of ether oxygens (including phenoxy) is 1. The number of nitrogens with zero attached hydrogens (tertiary/aromatic N) is 2. The summed E-state index contributed by atoms with van der Waals surface area (Å²) >= 11 is 0. The smallest absolute Gasteiger partial charge is 0.340 e. The minimum atomic E-state index is -0.710. The molecule has 1 N–H and O–H groups in total. The third-order valence-electron chi connectivity index (χ3n) is 5.36. The van der Waals surface area contributed by atoms with Gasteiger partial charge >= 0.3 is 5.97 Å². The highest BCUT2D eigenvalue weighted by Gasteiger charge is 2.22. The van der Waals surface area contributed by atoms with Gasteiger partial charge in [0.25, 0.3) is 5.69 Å². The standard InChI is InChI=1S/C25H17N3O5/c1-33-25(30)20-7-4-8-22(28(31)32)23(20)27-14-15-9-10-18-17(13-26)12-16-5-2-3-6-19(16)24(29)21(18)11-15/h2-12,27H,14H2,1H3. The summed E-state index contributed by atoms with van der Waals surface area (Å²) in [6.07, 6.45) is 0. The van der Waals surface area contributed by atoms with E-state index in [1.807, 2.05) is 0 Å². The molecule has 4 aromatic rings. The van der Waals surface area contributed by atoms with Crippen LogP contribution in [-0.2, 0) is 11.3 Å². The average molecular weight is 439 g/mol. The van der Waals surface area contributed by atoms with E-state index in [0.717, 1.165) is 0 Å². The minimum Gasteiger partial charge on any atom is -0.465 e. The zero-order valence-corrected chi connectivity index (χ0v) is 17.5. The van der Waals surface area contributed by atoms with Crippen LogP contribution in [0.15, 0.2) is 71.5 Å². The number of anilines is 1. The van der Waals surface area contributed by atoms with Crippen LogP contribution in [0.1, 0.15) is 21.5 Å². The van der Waals surface area contributed by atoms with Crippen molar-refractivity contribution < 1.29 is 14.5 Å². The monoisotopic (exact) mass is 439 g/mol. The fourth-order valence-corrected chi connectivity index (χ4v) is 3.77. The molecule has 0 aromatic heterocycles. The van der Waals surface area contributed by atoms with Gasteiger partial charge in [-0.15, -0.1) is 0 Å². The molecule has 0 spiro atoms. The second-order valence-electron chi connectivity index (χ2n) is 7.27. The second-order valence-corrected chi connectivity index (χ2v) is 7.27. The number of esters is 1. The summed E-state index contributed by atoms with van der Waals surface area (Å²) in [5.41, 5.74) is 0.583. The van der Waals surface area contributed by atoms with Crippen LogP contribution in [0.2, 0.25) is 0 Å². The number of nitro groups is 1. The first-order valence-corrected chi connectivity index (χ1v) is 9.93. The van der Waals surface area contributed by atoms with Gasteiger partial charge in [0, 0.05) is 28.8 Å². The van der Waals surface area contributed by atoms with Crippen molar-refractivity contribution >= 4 is 38.9 Å². The van der Waals surface area contributed by atoms with Gasteiger partial charge in [-0.3, -0.25) is 14.9 Å². The summed E-state index contributed by atoms with van der Waals surface area (Å²) in [6, 6.07) is 20.1. The number of nitrogens with one attached hydrogen (secondary N) is 1. The predicted molar refractivity (Wildman–Crippen MR) is 124 cm³/mol. The van der Waals surface area contributed by atoms with E-state index in [4.69, 9.17) is 4.74 Å². The predicted octanol–water partition coefficient (Wildman–Crippen LogP) is 4.53.